The van der Waals surface area contributed by atoms with Gasteiger partial charge in [-0.15, -0.1) is 0 Å². The Morgan fingerprint density at radius 1 is 1.25 bits per heavy atom. The lowest BCUT2D eigenvalue weighted by atomic mass is 9.87. The number of piperidine rings is 1. The fourth-order valence-electron chi connectivity index (χ4n) is 3.12. The van der Waals surface area contributed by atoms with Crippen molar-refractivity contribution < 1.29 is 22.1 Å². The van der Waals surface area contributed by atoms with Crippen LogP contribution in [0, 0.1) is 5.82 Å². The first-order chi connectivity index (χ1) is 11.3. The molecule has 0 radical (unpaired) electrons. The van der Waals surface area contributed by atoms with E-state index in [1.165, 1.54) is 12.1 Å². The van der Waals surface area contributed by atoms with E-state index >= 15 is 0 Å². The van der Waals surface area contributed by atoms with Gasteiger partial charge in [0.2, 0.25) is 0 Å². The van der Waals surface area contributed by atoms with Crippen LogP contribution in [0.25, 0.3) is 0 Å². The van der Waals surface area contributed by atoms with Crippen LogP contribution in [0.1, 0.15) is 35.6 Å². The molecule has 1 aromatic heterocycles. The van der Waals surface area contributed by atoms with Crippen LogP contribution in [0.3, 0.4) is 0 Å². The standard InChI is InChI=1S/C16H16F4N2O2/c17-13-6-9(1-2-12(13)16(18,19)20)5-11-7-10(3-4-21-11)14-8-15(23)22-24-14/h1-2,6,8,10-11,21H,3-5,7H2,(H,22,23)/t10-,11+/m1/s1. The maximum atomic E-state index is 13.7. The zero-order valence-electron chi connectivity index (χ0n) is 12.6. The van der Waals surface area contributed by atoms with Crippen LogP contribution in [0.2, 0.25) is 0 Å². The highest BCUT2D eigenvalue weighted by Gasteiger charge is 2.34. The number of H-pyrrole nitrogens is 1. The Kier molecular flexibility index (Phi) is 4.49. The van der Waals surface area contributed by atoms with Crippen LogP contribution < -0.4 is 10.9 Å². The van der Waals surface area contributed by atoms with Gasteiger partial charge in [0.1, 0.15) is 11.6 Å². The first-order valence-electron chi connectivity index (χ1n) is 7.60. The molecule has 1 saturated heterocycles. The first-order valence-corrected chi connectivity index (χ1v) is 7.60. The van der Waals surface area contributed by atoms with Gasteiger partial charge in [0.15, 0.2) is 0 Å². The molecule has 1 aromatic carbocycles. The van der Waals surface area contributed by atoms with Crippen molar-refractivity contribution in [1.29, 1.82) is 0 Å². The van der Waals surface area contributed by atoms with Crippen LogP contribution in [0.15, 0.2) is 33.6 Å². The number of aromatic amines is 1. The minimum Gasteiger partial charge on any atom is -0.383 e. The zero-order chi connectivity index (χ0) is 17.3. The summed E-state index contributed by atoms with van der Waals surface area (Å²) in [6, 6.07) is 4.39. The van der Waals surface area contributed by atoms with Gasteiger partial charge < -0.3 is 9.84 Å². The van der Waals surface area contributed by atoms with Crippen molar-refractivity contribution in [3.05, 3.63) is 57.3 Å². The van der Waals surface area contributed by atoms with Gasteiger partial charge in [0.25, 0.3) is 5.56 Å². The summed E-state index contributed by atoms with van der Waals surface area (Å²) in [6.45, 7) is 0.688. The molecule has 2 atom stereocenters. The fourth-order valence-corrected chi connectivity index (χ4v) is 3.12. The van der Waals surface area contributed by atoms with Gasteiger partial charge in [-0.1, -0.05) is 6.07 Å². The number of aromatic nitrogens is 1. The number of benzene rings is 1. The highest BCUT2D eigenvalue weighted by atomic mass is 19.4. The fraction of sp³-hybridized carbons (Fsp3) is 0.438. The van der Waals surface area contributed by atoms with Crippen molar-refractivity contribution in [2.75, 3.05) is 6.54 Å². The van der Waals surface area contributed by atoms with Gasteiger partial charge in [-0.25, -0.2) is 4.39 Å². The molecular formula is C16H16F4N2O2. The Morgan fingerprint density at radius 3 is 2.67 bits per heavy atom. The molecule has 1 fully saturated rings. The predicted molar refractivity (Wildman–Crippen MR) is 78.2 cm³/mol. The second-order valence-corrected chi connectivity index (χ2v) is 6.00. The van der Waals surface area contributed by atoms with E-state index in [0.29, 0.717) is 30.7 Å². The molecule has 0 amide bonds. The van der Waals surface area contributed by atoms with Crippen molar-refractivity contribution in [3.8, 4) is 0 Å². The Labute approximate surface area is 134 Å². The van der Waals surface area contributed by atoms with Gasteiger partial charge >= 0.3 is 6.18 Å². The van der Waals surface area contributed by atoms with Crippen LogP contribution in [-0.2, 0) is 12.6 Å². The molecule has 4 nitrogen and oxygen atoms in total. The van der Waals surface area contributed by atoms with E-state index in [0.717, 1.165) is 18.6 Å². The lowest BCUT2D eigenvalue weighted by Crippen LogP contribution is -2.38. The van der Waals surface area contributed by atoms with Crippen LogP contribution >= 0.6 is 0 Å². The molecule has 8 heteroatoms. The van der Waals surface area contributed by atoms with Crippen LogP contribution in [0.4, 0.5) is 17.6 Å². The third-order valence-corrected chi connectivity index (χ3v) is 4.26. The average molecular weight is 344 g/mol. The first kappa shape index (κ1) is 16.8. The summed E-state index contributed by atoms with van der Waals surface area (Å²) in [6.07, 6.45) is -2.84. The minimum absolute atomic E-state index is 0.0277. The van der Waals surface area contributed by atoms with Crippen molar-refractivity contribution in [2.45, 2.75) is 37.4 Å². The smallest absolute Gasteiger partial charge is 0.383 e. The number of halogens is 4. The topological polar surface area (TPSA) is 58.0 Å². The Morgan fingerprint density at radius 2 is 2.04 bits per heavy atom. The number of rotatable bonds is 3. The molecular weight excluding hydrogens is 328 g/mol. The molecule has 1 aliphatic heterocycles. The van der Waals surface area contributed by atoms with Crippen molar-refractivity contribution in [2.24, 2.45) is 0 Å². The van der Waals surface area contributed by atoms with E-state index < -0.39 is 17.6 Å². The van der Waals surface area contributed by atoms with Crippen molar-refractivity contribution in [3.63, 3.8) is 0 Å². The third kappa shape index (κ3) is 3.69. The van der Waals surface area contributed by atoms with E-state index in [2.05, 4.69) is 10.5 Å². The average Bonchev–Trinajstić information content (AvgIpc) is 2.93. The molecule has 0 saturated carbocycles. The molecule has 3 rings (SSSR count). The van der Waals surface area contributed by atoms with Gasteiger partial charge in [-0.3, -0.25) is 4.79 Å². The van der Waals surface area contributed by atoms with Crippen molar-refractivity contribution >= 4 is 0 Å². The monoisotopic (exact) mass is 344 g/mol. The highest BCUT2D eigenvalue weighted by molar-refractivity contribution is 5.27. The number of hydrogen-bond donors (Lipinski definition) is 2. The number of hydrogen-bond acceptors (Lipinski definition) is 3. The summed E-state index contributed by atoms with van der Waals surface area (Å²) in [7, 11) is 0. The third-order valence-electron chi connectivity index (χ3n) is 4.26. The predicted octanol–water partition coefficient (Wildman–Crippen LogP) is 3.20. The van der Waals surface area contributed by atoms with E-state index in [-0.39, 0.29) is 17.5 Å². The number of alkyl halides is 3. The maximum absolute atomic E-state index is 13.7. The Balaban J connectivity index is 1.69. The molecule has 0 unspecified atom stereocenters. The van der Waals surface area contributed by atoms with Crippen LogP contribution in [-0.4, -0.2) is 17.7 Å². The summed E-state index contributed by atoms with van der Waals surface area (Å²) >= 11 is 0. The summed E-state index contributed by atoms with van der Waals surface area (Å²) in [5.41, 5.74) is -1.06. The molecule has 24 heavy (non-hydrogen) atoms. The van der Waals surface area contributed by atoms with E-state index in [1.54, 1.807) is 0 Å². The van der Waals surface area contributed by atoms with Gasteiger partial charge in [-0.05, 0) is 43.5 Å². The van der Waals surface area contributed by atoms with Crippen LogP contribution in [0.5, 0.6) is 0 Å². The molecule has 0 bridgehead atoms. The summed E-state index contributed by atoms with van der Waals surface area (Å²) in [5.74, 6) is -0.636. The maximum Gasteiger partial charge on any atom is 0.419 e. The normalized spacial score (nSPS) is 21.8. The molecule has 0 aliphatic carbocycles. The quantitative estimate of drug-likeness (QED) is 0.841. The molecule has 130 valence electrons. The summed E-state index contributed by atoms with van der Waals surface area (Å²) < 4.78 is 56.5. The van der Waals surface area contributed by atoms with E-state index in [1.807, 2.05) is 0 Å². The van der Waals surface area contributed by atoms with Gasteiger partial charge in [0, 0.05) is 18.0 Å². The molecule has 0 spiro atoms. The lowest BCUT2D eigenvalue weighted by molar-refractivity contribution is -0.140. The lowest BCUT2D eigenvalue weighted by Gasteiger charge is -2.29. The summed E-state index contributed by atoms with van der Waals surface area (Å²) in [4.78, 5) is 11.2. The SMILES string of the molecule is O=c1cc([C@@H]2CCN[C@@H](Cc3ccc(C(F)(F)F)c(F)c3)C2)o[nH]1. The molecule has 2 heterocycles. The summed E-state index contributed by atoms with van der Waals surface area (Å²) in [5, 5.41) is 5.51. The zero-order valence-corrected chi connectivity index (χ0v) is 12.6. The molecule has 1 aliphatic rings. The Hall–Kier alpha value is -2.09. The van der Waals surface area contributed by atoms with Crippen molar-refractivity contribution in [1.82, 2.24) is 10.5 Å². The van der Waals surface area contributed by atoms with E-state index in [9.17, 15) is 22.4 Å². The minimum atomic E-state index is -4.69. The van der Waals surface area contributed by atoms with Gasteiger partial charge in [-0.2, -0.15) is 18.3 Å². The molecule has 2 aromatic rings. The Bertz CT molecular complexity index is 766. The largest absolute Gasteiger partial charge is 0.419 e. The van der Waals surface area contributed by atoms with E-state index in [4.69, 9.17) is 4.52 Å². The highest BCUT2D eigenvalue weighted by Crippen LogP contribution is 2.32. The second kappa shape index (κ2) is 6.43. The number of nitrogens with one attached hydrogen (secondary N) is 2. The van der Waals surface area contributed by atoms with Gasteiger partial charge in [0.05, 0.1) is 5.56 Å². The second-order valence-electron chi connectivity index (χ2n) is 6.00. The molecule has 2 N–H and O–H groups in total.